The quantitative estimate of drug-likeness (QED) is 0.772. The fourth-order valence-corrected chi connectivity index (χ4v) is 4.37. The predicted molar refractivity (Wildman–Crippen MR) is 89.2 cm³/mol. The molecule has 1 saturated carbocycles. The van der Waals surface area contributed by atoms with Crippen molar-refractivity contribution in [3.05, 3.63) is 35.9 Å². The smallest absolute Gasteiger partial charge is 0.211 e. The van der Waals surface area contributed by atoms with Gasteiger partial charge in [0.05, 0.1) is 5.75 Å². The van der Waals surface area contributed by atoms with Gasteiger partial charge in [0.1, 0.15) is 0 Å². The molecule has 0 amide bonds. The molecule has 0 aliphatic heterocycles. The van der Waals surface area contributed by atoms with Gasteiger partial charge >= 0.3 is 0 Å². The van der Waals surface area contributed by atoms with Crippen LogP contribution in [0.2, 0.25) is 0 Å². The molecule has 1 atom stereocenters. The van der Waals surface area contributed by atoms with Crippen molar-refractivity contribution in [2.24, 2.45) is 11.3 Å². The van der Waals surface area contributed by atoms with E-state index in [1.165, 1.54) is 0 Å². The summed E-state index contributed by atoms with van der Waals surface area (Å²) in [6.45, 7) is 4.26. The highest BCUT2D eigenvalue weighted by atomic mass is 32.2. The van der Waals surface area contributed by atoms with Crippen molar-refractivity contribution in [3.63, 3.8) is 0 Å². The third-order valence-corrected chi connectivity index (χ3v) is 6.26. The van der Waals surface area contributed by atoms with E-state index in [9.17, 15) is 13.5 Å². The topological polar surface area (TPSA) is 66.4 Å². The number of hydrogen-bond acceptors (Lipinski definition) is 3. The number of hydrogen-bond donors (Lipinski definition) is 2. The molecule has 124 valence electrons. The van der Waals surface area contributed by atoms with Crippen molar-refractivity contribution in [1.82, 2.24) is 4.72 Å². The largest absolute Gasteiger partial charge is 0.396 e. The van der Waals surface area contributed by atoms with E-state index in [1.807, 2.05) is 44.2 Å². The van der Waals surface area contributed by atoms with Gasteiger partial charge in [-0.1, -0.05) is 50.6 Å². The zero-order valence-corrected chi connectivity index (χ0v) is 14.3. The van der Waals surface area contributed by atoms with Crippen LogP contribution in [-0.4, -0.2) is 32.4 Å². The first-order valence-electron chi connectivity index (χ1n) is 7.97. The van der Waals surface area contributed by atoms with E-state index in [0.717, 1.165) is 24.8 Å². The van der Waals surface area contributed by atoms with Crippen LogP contribution < -0.4 is 4.72 Å². The van der Waals surface area contributed by atoms with Gasteiger partial charge in [-0.05, 0) is 29.7 Å². The summed E-state index contributed by atoms with van der Waals surface area (Å²) in [5.41, 5.74) is 0.660. The van der Waals surface area contributed by atoms with Gasteiger partial charge in [-0.2, -0.15) is 0 Å². The summed E-state index contributed by atoms with van der Waals surface area (Å²) in [6.07, 6.45) is 3.18. The Kier molecular flexibility index (Phi) is 5.64. The maximum absolute atomic E-state index is 12.2. The molecule has 0 spiro atoms. The molecule has 0 saturated heterocycles. The van der Waals surface area contributed by atoms with Crippen LogP contribution in [0.4, 0.5) is 0 Å². The molecule has 0 bridgehead atoms. The van der Waals surface area contributed by atoms with Crippen LogP contribution in [0.15, 0.2) is 30.3 Å². The molecule has 5 heteroatoms. The molecule has 1 aromatic carbocycles. The Bertz CT molecular complexity index is 565. The Hall–Kier alpha value is -0.910. The van der Waals surface area contributed by atoms with Crippen molar-refractivity contribution in [3.8, 4) is 0 Å². The van der Waals surface area contributed by atoms with E-state index in [4.69, 9.17) is 0 Å². The summed E-state index contributed by atoms with van der Waals surface area (Å²) in [5.74, 6) is 0.488. The molecule has 1 aromatic rings. The second-order valence-corrected chi connectivity index (χ2v) is 8.89. The number of benzene rings is 1. The summed E-state index contributed by atoms with van der Waals surface area (Å²) in [6, 6.07) is 9.80. The number of rotatable bonds is 8. The Morgan fingerprint density at radius 3 is 2.41 bits per heavy atom. The highest BCUT2D eigenvalue weighted by Crippen LogP contribution is 2.35. The molecule has 2 rings (SSSR count). The molecule has 2 N–H and O–H groups in total. The minimum absolute atomic E-state index is 0.0108. The van der Waals surface area contributed by atoms with Crippen molar-refractivity contribution in [2.45, 2.75) is 39.0 Å². The molecule has 1 aliphatic rings. The second-order valence-electron chi connectivity index (χ2n) is 7.04. The first-order valence-corrected chi connectivity index (χ1v) is 9.62. The minimum atomic E-state index is -3.24. The van der Waals surface area contributed by atoms with Gasteiger partial charge in [-0.15, -0.1) is 0 Å². The van der Waals surface area contributed by atoms with Crippen LogP contribution in [-0.2, 0) is 10.0 Å². The Labute approximate surface area is 134 Å². The molecule has 4 nitrogen and oxygen atoms in total. The summed E-state index contributed by atoms with van der Waals surface area (Å²) in [4.78, 5) is 0. The van der Waals surface area contributed by atoms with Crippen molar-refractivity contribution < 1.29 is 13.5 Å². The third-order valence-electron chi connectivity index (χ3n) is 4.74. The van der Waals surface area contributed by atoms with E-state index in [0.29, 0.717) is 12.5 Å². The van der Waals surface area contributed by atoms with E-state index >= 15 is 0 Å². The lowest BCUT2D eigenvalue weighted by molar-refractivity contribution is 0.131. The monoisotopic (exact) mass is 325 g/mol. The molecule has 1 unspecified atom stereocenters. The summed E-state index contributed by atoms with van der Waals surface area (Å²) >= 11 is 0. The molecule has 0 radical (unpaired) electrons. The van der Waals surface area contributed by atoms with Crippen LogP contribution in [0.1, 0.15) is 44.6 Å². The lowest BCUT2D eigenvalue weighted by atomic mass is 9.75. The zero-order valence-electron chi connectivity index (χ0n) is 13.5. The Morgan fingerprint density at radius 1 is 1.27 bits per heavy atom. The van der Waals surface area contributed by atoms with Gasteiger partial charge < -0.3 is 5.11 Å². The average molecular weight is 325 g/mol. The molecular formula is C17H27NO3S. The number of aliphatic hydroxyl groups excluding tert-OH is 1. The lowest BCUT2D eigenvalue weighted by Crippen LogP contribution is -2.39. The SMILES string of the molecule is CC(C)(CO)C(CNS(=O)(=O)CC1CCC1)c1ccccc1. The standard InChI is InChI=1S/C17H27NO3S/c1-17(2,13-19)16(15-9-4-3-5-10-15)11-18-22(20,21)12-14-7-6-8-14/h3-5,9-10,14,16,18-19H,6-8,11-13H2,1-2H3. The van der Waals surface area contributed by atoms with E-state index in [2.05, 4.69) is 4.72 Å². The molecule has 1 aliphatic carbocycles. The van der Waals surface area contributed by atoms with Gasteiger partial charge in [-0.3, -0.25) is 0 Å². The van der Waals surface area contributed by atoms with Gasteiger partial charge in [0, 0.05) is 19.1 Å². The normalized spacial score (nSPS) is 18.0. The van der Waals surface area contributed by atoms with Gasteiger partial charge in [-0.25, -0.2) is 13.1 Å². The van der Waals surface area contributed by atoms with Gasteiger partial charge in [0.25, 0.3) is 0 Å². The van der Waals surface area contributed by atoms with Crippen molar-refractivity contribution in [1.29, 1.82) is 0 Å². The van der Waals surface area contributed by atoms with Crippen LogP contribution >= 0.6 is 0 Å². The van der Waals surface area contributed by atoms with E-state index in [-0.39, 0.29) is 23.7 Å². The van der Waals surface area contributed by atoms with Crippen LogP contribution in [0, 0.1) is 11.3 Å². The average Bonchev–Trinajstić information content (AvgIpc) is 2.44. The first-order chi connectivity index (χ1) is 10.3. The maximum atomic E-state index is 12.2. The second kappa shape index (κ2) is 7.11. The highest BCUT2D eigenvalue weighted by Gasteiger charge is 2.32. The summed E-state index contributed by atoms with van der Waals surface area (Å²) in [5, 5.41) is 9.67. The molecule has 22 heavy (non-hydrogen) atoms. The van der Waals surface area contributed by atoms with E-state index in [1.54, 1.807) is 0 Å². The zero-order chi connectivity index (χ0) is 16.2. The first kappa shape index (κ1) is 17.4. The van der Waals surface area contributed by atoms with Crippen molar-refractivity contribution in [2.75, 3.05) is 18.9 Å². The highest BCUT2D eigenvalue weighted by molar-refractivity contribution is 7.89. The van der Waals surface area contributed by atoms with Crippen molar-refractivity contribution >= 4 is 10.0 Å². The van der Waals surface area contributed by atoms with Gasteiger partial charge in [0.2, 0.25) is 10.0 Å². The molecular weight excluding hydrogens is 298 g/mol. The van der Waals surface area contributed by atoms with Crippen LogP contribution in [0.5, 0.6) is 0 Å². The van der Waals surface area contributed by atoms with Crippen LogP contribution in [0.25, 0.3) is 0 Å². The van der Waals surface area contributed by atoms with Crippen LogP contribution in [0.3, 0.4) is 0 Å². The Morgan fingerprint density at radius 2 is 1.91 bits per heavy atom. The minimum Gasteiger partial charge on any atom is -0.396 e. The summed E-state index contributed by atoms with van der Waals surface area (Å²) in [7, 11) is -3.24. The molecule has 0 heterocycles. The number of aliphatic hydroxyl groups is 1. The third kappa shape index (κ3) is 4.54. The molecule has 1 fully saturated rings. The van der Waals surface area contributed by atoms with E-state index < -0.39 is 10.0 Å². The predicted octanol–water partition coefficient (Wildman–Crippen LogP) is 2.51. The van der Waals surface area contributed by atoms with Gasteiger partial charge in [0.15, 0.2) is 0 Å². The fraction of sp³-hybridized carbons (Fsp3) is 0.647. The number of nitrogens with one attached hydrogen (secondary N) is 1. The molecule has 0 aromatic heterocycles. The Balaban J connectivity index is 2.07. The maximum Gasteiger partial charge on any atom is 0.211 e. The fourth-order valence-electron chi connectivity index (χ4n) is 2.88. The lowest BCUT2D eigenvalue weighted by Gasteiger charge is -2.33. The number of sulfonamides is 1. The summed E-state index contributed by atoms with van der Waals surface area (Å²) < 4.78 is 27.2.